The minimum Gasteiger partial charge on any atom is -0.378 e. The van der Waals surface area contributed by atoms with Crippen molar-refractivity contribution in [3.63, 3.8) is 0 Å². The highest BCUT2D eigenvalue weighted by molar-refractivity contribution is 7.80. The molecule has 86 valence electrons. The van der Waals surface area contributed by atoms with Crippen molar-refractivity contribution >= 4 is 18.7 Å². The maximum atomic E-state index is 7.57. The lowest BCUT2D eigenvalue weighted by Gasteiger charge is -2.18. The molecular formula is C10H17ClNO2P. The van der Waals surface area contributed by atoms with Gasteiger partial charge in [0.15, 0.2) is 0 Å². The Bertz CT molecular complexity index is 251. The monoisotopic (exact) mass is 251 g/mol. The number of hydrogen-bond acceptors (Lipinski definition) is 2. The first kappa shape index (κ1) is 11.6. The molecule has 0 aromatic heterocycles. The lowest BCUT2D eigenvalue weighted by Crippen LogP contribution is -2.17. The summed E-state index contributed by atoms with van der Waals surface area (Å²) < 4.78 is 18.4. The maximum absolute atomic E-state index is 7.57. The van der Waals surface area contributed by atoms with Gasteiger partial charge in [-0.15, -0.1) is 0 Å². The van der Waals surface area contributed by atoms with Gasteiger partial charge in [-0.2, -0.15) is 0 Å². The highest BCUT2D eigenvalue weighted by atomic mass is 35.7. The fraction of sp³-hybridized carbons (Fsp3) is 0.900. The second-order valence-corrected chi connectivity index (χ2v) is 5.85. The quantitative estimate of drug-likeness (QED) is 0.411. The van der Waals surface area contributed by atoms with Crippen LogP contribution in [0.15, 0.2) is 0 Å². The molecule has 0 spiro atoms. The molecule has 4 atom stereocenters. The van der Waals surface area contributed by atoms with E-state index < -0.39 is 14.1 Å². The Morgan fingerprint density at radius 2 is 2.60 bits per heavy atom. The molecule has 0 bridgehead atoms. The van der Waals surface area contributed by atoms with Crippen LogP contribution in [0.1, 0.15) is 21.1 Å². The molecule has 1 heterocycles. The van der Waals surface area contributed by atoms with E-state index in [0.29, 0.717) is 19.1 Å². The highest BCUT2D eigenvalue weighted by Crippen LogP contribution is 2.46. The van der Waals surface area contributed by atoms with Crippen molar-refractivity contribution in [1.82, 2.24) is 0 Å². The molecule has 1 saturated heterocycles. The van der Waals surface area contributed by atoms with Crippen molar-refractivity contribution in [3.8, 4) is 0 Å². The third-order valence-corrected chi connectivity index (χ3v) is 4.34. The third-order valence-electron chi connectivity index (χ3n) is 2.41. The van der Waals surface area contributed by atoms with Gasteiger partial charge in [0, 0.05) is 12.7 Å². The van der Waals surface area contributed by atoms with Gasteiger partial charge >= 0.3 is 0 Å². The summed E-state index contributed by atoms with van der Waals surface area (Å²) in [6.07, 6.45) is 2.58. The van der Waals surface area contributed by atoms with Crippen LogP contribution in [0.3, 0.4) is 0 Å². The molecule has 0 saturated carbocycles. The normalized spacial score (nSPS) is 33.4. The van der Waals surface area contributed by atoms with E-state index in [0.717, 1.165) is 19.0 Å². The van der Waals surface area contributed by atoms with Crippen LogP contribution >= 0.6 is 18.7 Å². The first-order valence-electron chi connectivity index (χ1n) is 5.72. The molecule has 0 amide bonds. The van der Waals surface area contributed by atoms with Crippen molar-refractivity contribution in [1.29, 1.82) is 0 Å². The average Bonchev–Trinajstić information content (AvgIpc) is 2.59. The fourth-order valence-electron chi connectivity index (χ4n) is 1.61. The van der Waals surface area contributed by atoms with Gasteiger partial charge < -0.3 is 14.1 Å². The molecule has 1 rings (SSSR count). The van der Waals surface area contributed by atoms with Gasteiger partial charge in [0.25, 0.3) is 0 Å². The van der Waals surface area contributed by atoms with Crippen LogP contribution < -0.4 is 0 Å². The first-order valence-corrected chi connectivity index (χ1v) is 7.49. The zero-order chi connectivity index (χ0) is 12.0. The molecular weight excluding hydrogens is 233 g/mol. The van der Waals surface area contributed by atoms with Crippen LogP contribution in [0, 0.1) is 12.5 Å². The molecule has 5 heteroatoms. The first-order chi connectivity index (χ1) is 7.67. The van der Waals surface area contributed by atoms with Gasteiger partial charge in [0.05, 0.1) is 7.47 Å². The fourth-order valence-corrected chi connectivity index (χ4v) is 3.49. The van der Waals surface area contributed by atoms with Crippen LogP contribution in [-0.2, 0) is 9.26 Å². The van der Waals surface area contributed by atoms with Gasteiger partial charge in [0.2, 0.25) is 6.54 Å². The van der Waals surface area contributed by atoms with Crippen molar-refractivity contribution < 1.29 is 10.6 Å². The molecule has 3 nitrogen and oxygen atoms in total. The van der Waals surface area contributed by atoms with E-state index in [9.17, 15) is 0 Å². The Morgan fingerprint density at radius 1 is 1.80 bits per heavy atom. The number of hydrogen-bond donors (Lipinski definition) is 0. The van der Waals surface area contributed by atoms with Crippen molar-refractivity contribution in [2.45, 2.75) is 25.9 Å². The highest BCUT2D eigenvalue weighted by Gasteiger charge is 2.29. The summed E-state index contributed by atoms with van der Waals surface area (Å²) in [4.78, 5) is 3.20. The lowest BCUT2D eigenvalue weighted by atomic mass is 10.0. The molecule has 0 aliphatic carbocycles. The van der Waals surface area contributed by atoms with Crippen LogP contribution in [0.5, 0.6) is 0 Å². The Morgan fingerprint density at radius 3 is 3.27 bits per heavy atom. The minimum absolute atomic E-state index is 0.149. The van der Waals surface area contributed by atoms with E-state index in [4.69, 9.17) is 28.4 Å². The van der Waals surface area contributed by atoms with Gasteiger partial charge in [-0.05, 0) is 18.8 Å². The molecule has 0 N–H and O–H groups in total. The number of nitrogens with zero attached hydrogens (tertiary/aromatic N) is 1. The lowest BCUT2D eigenvalue weighted by molar-refractivity contribution is 0.0915. The largest absolute Gasteiger partial charge is 0.378 e. The zero-order valence-corrected chi connectivity index (χ0v) is 10.5. The van der Waals surface area contributed by atoms with E-state index in [1.54, 1.807) is 0 Å². The summed E-state index contributed by atoms with van der Waals surface area (Å²) in [7, 11) is -0.989. The minimum atomic E-state index is -0.989. The summed E-state index contributed by atoms with van der Waals surface area (Å²) in [6, 6.07) is 0. The van der Waals surface area contributed by atoms with Crippen LogP contribution in [0.25, 0.3) is 4.85 Å². The van der Waals surface area contributed by atoms with Crippen molar-refractivity contribution in [2.24, 2.45) is 5.92 Å². The van der Waals surface area contributed by atoms with Crippen LogP contribution in [-0.4, -0.2) is 32.0 Å². The predicted octanol–water partition coefficient (Wildman–Crippen LogP) is 3.29. The molecule has 1 unspecified atom stereocenters. The number of halogens is 1. The average molecular weight is 252 g/mol. The Balaban J connectivity index is 2.27. The van der Waals surface area contributed by atoms with E-state index in [2.05, 4.69) is 11.8 Å². The van der Waals surface area contributed by atoms with E-state index in [-0.39, 0.29) is 6.10 Å². The summed E-state index contributed by atoms with van der Waals surface area (Å²) in [5.74, 6) is 0.337. The van der Waals surface area contributed by atoms with Crippen molar-refractivity contribution in [2.75, 3.05) is 25.9 Å². The third kappa shape index (κ3) is 4.66. The Hall–Kier alpha value is 0.130. The van der Waals surface area contributed by atoms with Gasteiger partial charge in [-0.1, -0.05) is 18.2 Å². The maximum Gasteiger partial charge on any atom is 0.238 e. The smallest absolute Gasteiger partial charge is 0.238 e. The molecule has 1 aliphatic heterocycles. The molecule has 1 fully saturated rings. The summed E-state index contributed by atoms with van der Waals surface area (Å²) >= 11 is 6.09. The van der Waals surface area contributed by atoms with E-state index in [1.807, 2.05) is 0 Å². The topological polar surface area (TPSA) is 22.8 Å². The molecule has 15 heavy (non-hydrogen) atoms. The van der Waals surface area contributed by atoms with Crippen molar-refractivity contribution in [3.05, 3.63) is 11.4 Å². The second kappa shape index (κ2) is 7.41. The van der Waals surface area contributed by atoms with Gasteiger partial charge in [-0.25, -0.2) is 6.57 Å². The summed E-state index contributed by atoms with van der Waals surface area (Å²) in [6.45, 7) is 9.06. The predicted molar refractivity (Wildman–Crippen MR) is 63.2 cm³/mol. The van der Waals surface area contributed by atoms with E-state index in [1.165, 1.54) is 0 Å². The number of ether oxygens (including phenoxy) is 1. The standard InChI is InChI=1S/C10H17ClNO2P/c1-3-10-9(4-6-13-10)8-15(11)14-7-5-12-2/h9-10H,3-8H2,1H3/t9-,10-,15?/m1/s1/i6T/t6-,9+,10+,15?/m0. The Kier molecular flexibility index (Phi) is 5.74. The Labute approximate surface area is 98.9 Å². The van der Waals surface area contributed by atoms with Crippen LogP contribution in [0.4, 0.5) is 0 Å². The summed E-state index contributed by atoms with van der Waals surface area (Å²) in [5, 5.41) is 0. The molecule has 0 radical (unpaired) electrons. The van der Waals surface area contributed by atoms with Crippen LogP contribution in [0.2, 0.25) is 0 Å². The zero-order valence-electron chi connectivity index (χ0n) is 9.86. The van der Waals surface area contributed by atoms with Gasteiger partial charge in [-0.3, -0.25) is 0 Å². The molecule has 1 aliphatic rings. The van der Waals surface area contributed by atoms with Gasteiger partial charge in [0.1, 0.15) is 14.1 Å². The van der Waals surface area contributed by atoms with E-state index >= 15 is 0 Å². The SMILES string of the molecule is [3H][C@H]1C[C@H](CP(Cl)OCC[N+]#[C-])[C@@H](CC)O1. The summed E-state index contributed by atoms with van der Waals surface area (Å²) in [5.41, 5.74) is 0. The molecule has 0 aromatic rings. The molecule has 0 aromatic carbocycles. The number of rotatable bonds is 6. The second-order valence-electron chi connectivity index (χ2n) is 3.46.